The number of nitriles is 1. The second-order valence-corrected chi connectivity index (χ2v) is 6.47. The third-order valence-corrected chi connectivity index (χ3v) is 4.98. The lowest BCUT2D eigenvalue weighted by atomic mass is 9.79. The van der Waals surface area contributed by atoms with E-state index in [4.69, 9.17) is 5.26 Å². The van der Waals surface area contributed by atoms with Crippen molar-refractivity contribution >= 4 is 0 Å². The molecule has 0 unspecified atom stereocenters. The number of nitrogens with zero attached hydrogens (tertiary/aromatic N) is 3. The Morgan fingerprint density at radius 1 is 0.808 bits per heavy atom. The van der Waals surface area contributed by atoms with E-state index in [-0.39, 0.29) is 0 Å². The maximum Gasteiger partial charge on any atom is 0.158 e. The third-order valence-electron chi connectivity index (χ3n) is 4.98. The van der Waals surface area contributed by atoms with E-state index in [1.54, 1.807) is 11.1 Å². The van der Waals surface area contributed by atoms with Crippen LogP contribution < -0.4 is 0 Å². The van der Waals surface area contributed by atoms with Gasteiger partial charge in [-0.2, -0.15) is 5.26 Å². The van der Waals surface area contributed by atoms with Crippen molar-refractivity contribution in [1.82, 2.24) is 9.97 Å². The molecule has 2 aromatic carbocycles. The van der Waals surface area contributed by atoms with Gasteiger partial charge in [0.2, 0.25) is 0 Å². The van der Waals surface area contributed by atoms with Gasteiger partial charge in [0.1, 0.15) is 6.07 Å². The number of hydrogen-bond donors (Lipinski definition) is 0. The molecule has 1 heterocycles. The predicted molar refractivity (Wildman–Crippen MR) is 103 cm³/mol. The van der Waals surface area contributed by atoms with Crippen molar-refractivity contribution in [3.63, 3.8) is 0 Å². The Labute approximate surface area is 153 Å². The van der Waals surface area contributed by atoms with Crippen molar-refractivity contribution in [2.45, 2.75) is 25.7 Å². The maximum atomic E-state index is 8.19. The van der Waals surface area contributed by atoms with Gasteiger partial charge < -0.3 is 0 Å². The van der Waals surface area contributed by atoms with Gasteiger partial charge in [-0.05, 0) is 59.1 Å². The number of rotatable bonds is 0. The average molecular weight is 337 g/mol. The van der Waals surface area contributed by atoms with Gasteiger partial charge >= 0.3 is 0 Å². The van der Waals surface area contributed by atoms with Crippen LogP contribution in [0.1, 0.15) is 27.9 Å². The first-order valence-corrected chi connectivity index (χ1v) is 8.90. The number of allylic oxidation sites excluding steroid dienone is 2. The molecule has 0 bridgehead atoms. The minimum absolute atomic E-state index is 0.354. The monoisotopic (exact) mass is 337 g/mol. The van der Waals surface area contributed by atoms with E-state index in [1.807, 2.05) is 6.07 Å². The van der Waals surface area contributed by atoms with Crippen LogP contribution in [-0.4, -0.2) is 9.97 Å². The molecule has 1 aromatic heterocycles. The molecule has 0 radical (unpaired) electrons. The minimum atomic E-state index is 0.354. The van der Waals surface area contributed by atoms with Crippen LogP contribution in [0, 0.1) is 11.3 Å². The lowest BCUT2D eigenvalue weighted by Crippen LogP contribution is -2.10. The molecule has 0 spiro atoms. The van der Waals surface area contributed by atoms with Crippen LogP contribution in [0.3, 0.4) is 0 Å². The van der Waals surface area contributed by atoms with Crippen LogP contribution in [0.5, 0.6) is 0 Å². The first-order chi connectivity index (χ1) is 12.9. The summed E-state index contributed by atoms with van der Waals surface area (Å²) in [7, 11) is 0. The molecule has 26 heavy (non-hydrogen) atoms. The van der Waals surface area contributed by atoms with Crippen LogP contribution in [-0.2, 0) is 25.7 Å². The molecule has 0 aliphatic heterocycles. The molecular weight excluding hydrogens is 318 g/mol. The van der Waals surface area contributed by atoms with Crippen LogP contribution >= 0.6 is 0 Å². The van der Waals surface area contributed by atoms with E-state index in [9.17, 15) is 0 Å². The molecule has 2 aliphatic rings. The zero-order valence-corrected chi connectivity index (χ0v) is 14.5. The van der Waals surface area contributed by atoms with E-state index >= 15 is 0 Å². The van der Waals surface area contributed by atoms with Gasteiger partial charge in [0, 0.05) is 12.4 Å². The van der Waals surface area contributed by atoms with Crippen molar-refractivity contribution in [3.8, 4) is 17.2 Å². The van der Waals surface area contributed by atoms with E-state index in [1.165, 1.54) is 53.7 Å². The predicted octanol–water partition coefficient (Wildman–Crippen LogP) is 4.46. The lowest BCUT2D eigenvalue weighted by molar-refractivity contribution is 0.908. The molecule has 0 saturated heterocycles. The van der Waals surface area contributed by atoms with Crippen LogP contribution in [0.4, 0.5) is 0 Å². The molecule has 0 amide bonds. The third kappa shape index (κ3) is 3.14. The number of aryl methyl sites for hydroxylation is 1. The summed E-state index contributed by atoms with van der Waals surface area (Å²) < 4.78 is 0. The second kappa shape index (κ2) is 7.33. The van der Waals surface area contributed by atoms with Crippen LogP contribution in [0.2, 0.25) is 0 Å². The number of fused-ring (bicyclic) bond motifs is 5. The molecule has 0 atom stereocenters. The fourth-order valence-corrected chi connectivity index (χ4v) is 3.75. The zero-order chi connectivity index (χ0) is 17.8. The highest BCUT2D eigenvalue weighted by molar-refractivity contribution is 5.75. The molecule has 3 aromatic rings. The Kier molecular flexibility index (Phi) is 4.57. The van der Waals surface area contributed by atoms with E-state index in [0.717, 1.165) is 12.8 Å². The van der Waals surface area contributed by atoms with Gasteiger partial charge in [0.15, 0.2) is 5.69 Å². The van der Waals surface area contributed by atoms with Crippen LogP contribution in [0.25, 0.3) is 11.1 Å². The molecule has 5 rings (SSSR count). The fourth-order valence-electron chi connectivity index (χ4n) is 3.75. The van der Waals surface area contributed by atoms with Crippen molar-refractivity contribution in [1.29, 1.82) is 5.26 Å². The van der Waals surface area contributed by atoms with Crippen molar-refractivity contribution in [2.75, 3.05) is 0 Å². The first-order valence-electron chi connectivity index (χ1n) is 8.90. The maximum absolute atomic E-state index is 8.19. The van der Waals surface area contributed by atoms with Crippen molar-refractivity contribution in [3.05, 3.63) is 95.1 Å². The Bertz CT molecular complexity index is 998. The summed E-state index contributed by atoms with van der Waals surface area (Å²) in [4.78, 5) is 7.34. The Balaban J connectivity index is 0.000000178. The Hall–Kier alpha value is -3.25. The largest absolute Gasteiger partial charge is 0.260 e. The van der Waals surface area contributed by atoms with Gasteiger partial charge in [0.05, 0.1) is 6.20 Å². The van der Waals surface area contributed by atoms with Gasteiger partial charge in [-0.25, -0.2) is 4.98 Å². The quantitative estimate of drug-likeness (QED) is 0.569. The summed E-state index contributed by atoms with van der Waals surface area (Å²) in [5, 5.41) is 8.19. The van der Waals surface area contributed by atoms with Gasteiger partial charge in [-0.15, -0.1) is 0 Å². The average Bonchev–Trinajstić information content (AvgIpc) is 2.74. The SMILES string of the molecule is C1=CCc2c(ccc3c2CCc2ccccc2-3)C1.N#Cc1cnccn1. The fraction of sp³-hybridized carbons (Fsp3) is 0.174. The minimum Gasteiger partial charge on any atom is -0.260 e. The Morgan fingerprint density at radius 3 is 2.50 bits per heavy atom. The first kappa shape index (κ1) is 16.2. The number of benzene rings is 2. The topological polar surface area (TPSA) is 49.6 Å². The van der Waals surface area contributed by atoms with Crippen molar-refractivity contribution in [2.24, 2.45) is 0 Å². The lowest BCUT2D eigenvalue weighted by Gasteiger charge is -2.25. The van der Waals surface area contributed by atoms with E-state index in [0.29, 0.717) is 5.69 Å². The standard InChI is InChI=1S/C18H16.C5H3N3/c1-3-7-15-13(5-1)9-11-18-16-8-4-2-6-14(16)10-12-17(15)18;6-3-5-4-7-1-2-8-5/h1-5,7,10,12H,6,8-9,11H2;1-2,4H. The summed E-state index contributed by atoms with van der Waals surface area (Å²) in [6.07, 6.45) is 13.7. The highest BCUT2D eigenvalue weighted by atomic mass is 14.8. The summed E-state index contributed by atoms with van der Waals surface area (Å²) in [6.45, 7) is 0. The molecule has 0 saturated carbocycles. The highest BCUT2D eigenvalue weighted by Gasteiger charge is 2.20. The molecule has 0 fully saturated rings. The number of aromatic nitrogens is 2. The molecular formula is C23H19N3. The molecule has 126 valence electrons. The van der Waals surface area contributed by atoms with Gasteiger partial charge in [-0.3, -0.25) is 4.98 Å². The summed E-state index contributed by atoms with van der Waals surface area (Å²) >= 11 is 0. The zero-order valence-electron chi connectivity index (χ0n) is 14.5. The smallest absolute Gasteiger partial charge is 0.158 e. The normalized spacial score (nSPS) is 13.3. The van der Waals surface area contributed by atoms with Gasteiger partial charge in [-0.1, -0.05) is 48.6 Å². The molecule has 3 heteroatoms. The molecule has 0 N–H and O–H groups in total. The molecule has 3 nitrogen and oxygen atoms in total. The summed E-state index contributed by atoms with van der Waals surface area (Å²) in [5.74, 6) is 0. The molecule has 2 aliphatic carbocycles. The second-order valence-electron chi connectivity index (χ2n) is 6.47. The van der Waals surface area contributed by atoms with Crippen LogP contribution in [0.15, 0.2) is 67.1 Å². The van der Waals surface area contributed by atoms with E-state index < -0.39 is 0 Å². The van der Waals surface area contributed by atoms with E-state index in [2.05, 4.69) is 58.5 Å². The number of hydrogen-bond acceptors (Lipinski definition) is 3. The highest BCUT2D eigenvalue weighted by Crippen LogP contribution is 2.37. The van der Waals surface area contributed by atoms with Crippen molar-refractivity contribution < 1.29 is 0 Å². The summed E-state index contributed by atoms with van der Waals surface area (Å²) in [5.41, 5.74) is 9.54. The van der Waals surface area contributed by atoms with Gasteiger partial charge in [0.25, 0.3) is 0 Å². The Morgan fingerprint density at radius 2 is 1.69 bits per heavy atom. The summed E-state index contributed by atoms with van der Waals surface area (Å²) in [6, 6.07) is 15.4.